The number of hydrogen-bond donors (Lipinski definition) is 1. The second kappa shape index (κ2) is 6.36. The van der Waals surface area contributed by atoms with Gasteiger partial charge in [0.15, 0.2) is 0 Å². The van der Waals surface area contributed by atoms with Crippen LogP contribution in [0.15, 0.2) is 22.8 Å². The fraction of sp³-hybridized carbons (Fsp3) is 0.714. The zero-order valence-electron chi connectivity index (χ0n) is 11.5. The maximum Gasteiger partial charge on any atom is 0.122 e. The van der Waals surface area contributed by atoms with E-state index in [1.54, 1.807) is 6.26 Å². The average Bonchev–Trinajstić information content (AvgIpc) is 3.04. The SMILES string of the molecule is CCN(CC)C1CCN(C(CN)c2ccco2)C1. The largest absolute Gasteiger partial charge is 0.468 e. The fourth-order valence-corrected chi connectivity index (χ4v) is 3.02. The van der Waals surface area contributed by atoms with E-state index in [0.717, 1.165) is 31.9 Å². The van der Waals surface area contributed by atoms with Gasteiger partial charge in [-0.1, -0.05) is 13.8 Å². The number of nitrogens with zero attached hydrogens (tertiary/aromatic N) is 2. The highest BCUT2D eigenvalue weighted by Gasteiger charge is 2.31. The zero-order chi connectivity index (χ0) is 13.0. The highest BCUT2D eigenvalue weighted by Crippen LogP contribution is 2.26. The van der Waals surface area contributed by atoms with Gasteiger partial charge >= 0.3 is 0 Å². The lowest BCUT2D eigenvalue weighted by molar-refractivity contribution is 0.178. The Morgan fingerprint density at radius 3 is 2.83 bits per heavy atom. The molecule has 2 N–H and O–H groups in total. The molecule has 1 aliphatic heterocycles. The van der Waals surface area contributed by atoms with Crippen LogP contribution in [0.2, 0.25) is 0 Å². The van der Waals surface area contributed by atoms with Crippen molar-refractivity contribution in [1.82, 2.24) is 9.80 Å². The van der Waals surface area contributed by atoms with Crippen LogP contribution in [-0.4, -0.2) is 48.6 Å². The van der Waals surface area contributed by atoms with Crippen LogP contribution in [0.4, 0.5) is 0 Å². The van der Waals surface area contributed by atoms with Crippen LogP contribution in [0.3, 0.4) is 0 Å². The van der Waals surface area contributed by atoms with E-state index in [0.29, 0.717) is 12.6 Å². The van der Waals surface area contributed by atoms with Crippen molar-refractivity contribution in [2.45, 2.75) is 32.4 Å². The number of rotatable bonds is 6. The summed E-state index contributed by atoms with van der Waals surface area (Å²) in [6, 6.07) is 4.88. The van der Waals surface area contributed by atoms with Gasteiger partial charge in [0, 0.05) is 25.7 Å². The summed E-state index contributed by atoms with van der Waals surface area (Å²) in [5.41, 5.74) is 5.92. The number of nitrogens with two attached hydrogens (primary N) is 1. The zero-order valence-corrected chi connectivity index (χ0v) is 11.5. The second-order valence-electron chi connectivity index (χ2n) is 4.93. The van der Waals surface area contributed by atoms with Crippen molar-refractivity contribution in [3.8, 4) is 0 Å². The predicted octanol–water partition coefficient (Wildman–Crippen LogP) is 1.70. The monoisotopic (exact) mass is 251 g/mol. The van der Waals surface area contributed by atoms with E-state index in [-0.39, 0.29) is 6.04 Å². The first-order valence-electron chi connectivity index (χ1n) is 7.01. The standard InChI is InChI=1S/C14H25N3O/c1-3-16(4-2)12-7-8-17(11-12)13(10-15)14-6-5-9-18-14/h5-6,9,12-13H,3-4,7-8,10-11,15H2,1-2H3. The first-order valence-corrected chi connectivity index (χ1v) is 7.01. The number of furan rings is 1. The van der Waals surface area contributed by atoms with Crippen molar-refractivity contribution in [3.05, 3.63) is 24.2 Å². The molecule has 0 spiro atoms. The highest BCUT2D eigenvalue weighted by molar-refractivity contribution is 5.06. The molecule has 0 aromatic carbocycles. The van der Waals surface area contributed by atoms with E-state index in [9.17, 15) is 0 Å². The fourth-order valence-electron chi connectivity index (χ4n) is 3.02. The van der Waals surface area contributed by atoms with Gasteiger partial charge in [0.25, 0.3) is 0 Å². The quantitative estimate of drug-likeness (QED) is 0.836. The minimum atomic E-state index is 0.237. The van der Waals surface area contributed by atoms with Crippen LogP contribution in [0.1, 0.15) is 32.1 Å². The minimum Gasteiger partial charge on any atom is -0.468 e. The first kappa shape index (κ1) is 13.6. The molecule has 0 radical (unpaired) electrons. The summed E-state index contributed by atoms with van der Waals surface area (Å²) >= 11 is 0. The Morgan fingerprint density at radius 1 is 1.50 bits per heavy atom. The summed E-state index contributed by atoms with van der Waals surface area (Å²) in [5.74, 6) is 0.998. The van der Waals surface area contributed by atoms with Crippen molar-refractivity contribution >= 4 is 0 Å². The van der Waals surface area contributed by atoms with Gasteiger partial charge in [-0.2, -0.15) is 0 Å². The number of hydrogen-bond acceptors (Lipinski definition) is 4. The van der Waals surface area contributed by atoms with Crippen LogP contribution in [0, 0.1) is 0 Å². The van der Waals surface area contributed by atoms with Crippen LogP contribution in [0.5, 0.6) is 0 Å². The molecule has 1 aromatic rings. The van der Waals surface area contributed by atoms with E-state index in [2.05, 4.69) is 23.6 Å². The second-order valence-corrected chi connectivity index (χ2v) is 4.93. The smallest absolute Gasteiger partial charge is 0.122 e. The molecule has 1 aromatic heterocycles. The van der Waals surface area contributed by atoms with Crippen LogP contribution < -0.4 is 5.73 Å². The Labute approximate surface area is 110 Å². The molecule has 4 nitrogen and oxygen atoms in total. The molecule has 0 saturated carbocycles. The lowest BCUT2D eigenvalue weighted by Gasteiger charge is -2.28. The summed E-state index contributed by atoms with van der Waals surface area (Å²) in [6.45, 7) is 9.57. The van der Waals surface area contributed by atoms with Crippen LogP contribution in [0.25, 0.3) is 0 Å². The van der Waals surface area contributed by atoms with Gasteiger partial charge in [-0.25, -0.2) is 0 Å². The number of likely N-dealkylation sites (N-methyl/N-ethyl adjacent to an activating group) is 1. The Hall–Kier alpha value is -0.840. The van der Waals surface area contributed by atoms with Crippen molar-refractivity contribution in [2.24, 2.45) is 5.73 Å². The van der Waals surface area contributed by atoms with E-state index in [1.165, 1.54) is 6.42 Å². The third-order valence-electron chi connectivity index (χ3n) is 4.06. The maximum absolute atomic E-state index is 5.92. The van der Waals surface area contributed by atoms with E-state index in [1.807, 2.05) is 12.1 Å². The van der Waals surface area contributed by atoms with Gasteiger partial charge < -0.3 is 10.2 Å². The molecule has 0 aliphatic carbocycles. The molecule has 2 rings (SSSR count). The molecule has 2 unspecified atom stereocenters. The van der Waals surface area contributed by atoms with Crippen molar-refractivity contribution in [2.75, 3.05) is 32.7 Å². The third kappa shape index (κ3) is 2.76. The van der Waals surface area contributed by atoms with E-state index >= 15 is 0 Å². The van der Waals surface area contributed by atoms with Crippen molar-refractivity contribution < 1.29 is 4.42 Å². The molecule has 0 amide bonds. The summed E-state index contributed by atoms with van der Waals surface area (Å²) in [7, 11) is 0. The van der Waals surface area contributed by atoms with Gasteiger partial charge in [-0.15, -0.1) is 0 Å². The van der Waals surface area contributed by atoms with Crippen LogP contribution in [-0.2, 0) is 0 Å². The summed E-state index contributed by atoms with van der Waals surface area (Å²) in [4.78, 5) is 5.00. The van der Waals surface area contributed by atoms with Gasteiger partial charge in [0.1, 0.15) is 5.76 Å². The van der Waals surface area contributed by atoms with Gasteiger partial charge in [-0.3, -0.25) is 9.80 Å². The lowest BCUT2D eigenvalue weighted by Crippen LogP contribution is -2.39. The maximum atomic E-state index is 5.92. The Kier molecular flexibility index (Phi) is 4.80. The molecule has 1 aliphatic rings. The highest BCUT2D eigenvalue weighted by atomic mass is 16.3. The molecule has 2 heterocycles. The summed E-state index contributed by atoms with van der Waals surface area (Å²) < 4.78 is 5.51. The van der Waals surface area contributed by atoms with Crippen molar-refractivity contribution in [3.63, 3.8) is 0 Å². The Balaban J connectivity index is 1.99. The van der Waals surface area contributed by atoms with Crippen LogP contribution >= 0.6 is 0 Å². The van der Waals surface area contributed by atoms with Crippen molar-refractivity contribution in [1.29, 1.82) is 0 Å². The molecular weight excluding hydrogens is 226 g/mol. The normalized spacial score (nSPS) is 22.8. The molecule has 1 saturated heterocycles. The Bertz CT molecular complexity index is 335. The third-order valence-corrected chi connectivity index (χ3v) is 4.06. The molecular formula is C14H25N3O. The van der Waals surface area contributed by atoms with Gasteiger partial charge in [-0.05, 0) is 31.6 Å². The molecule has 2 atom stereocenters. The van der Waals surface area contributed by atoms with Gasteiger partial charge in [0.05, 0.1) is 12.3 Å². The predicted molar refractivity (Wildman–Crippen MR) is 73.4 cm³/mol. The topological polar surface area (TPSA) is 45.6 Å². The summed E-state index contributed by atoms with van der Waals surface area (Å²) in [6.07, 6.45) is 2.97. The summed E-state index contributed by atoms with van der Waals surface area (Å²) in [5, 5.41) is 0. The average molecular weight is 251 g/mol. The molecule has 102 valence electrons. The minimum absolute atomic E-state index is 0.237. The Morgan fingerprint density at radius 2 is 2.28 bits per heavy atom. The molecule has 4 heteroatoms. The first-order chi connectivity index (χ1) is 8.80. The van der Waals surface area contributed by atoms with Gasteiger partial charge in [0.2, 0.25) is 0 Å². The molecule has 1 fully saturated rings. The molecule has 0 bridgehead atoms. The van der Waals surface area contributed by atoms with E-state index in [4.69, 9.17) is 10.2 Å². The molecule has 18 heavy (non-hydrogen) atoms. The van der Waals surface area contributed by atoms with E-state index < -0.39 is 0 Å². The lowest BCUT2D eigenvalue weighted by atomic mass is 10.2. The number of likely N-dealkylation sites (tertiary alicyclic amines) is 1.